The molecule has 7 heteroatoms. The molecule has 0 aliphatic carbocycles. The third-order valence-electron chi connectivity index (χ3n) is 4.40. The fourth-order valence-corrected chi connectivity index (χ4v) is 3.19. The SMILES string of the molecule is CC(C)(C[C@@]1(C(F)(F)F)O[C@H]1N)c1cc(F)cc2c1OCC2. The minimum absolute atomic E-state index is 0.385. The summed E-state index contributed by atoms with van der Waals surface area (Å²) in [4.78, 5) is 0. The number of ether oxygens (including phenoxy) is 2. The molecule has 2 aliphatic heterocycles. The molecule has 1 aromatic rings. The maximum atomic E-state index is 13.8. The number of nitrogens with two attached hydrogens (primary N) is 1. The molecule has 3 nitrogen and oxygen atoms in total. The van der Waals surface area contributed by atoms with E-state index < -0.39 is 29.2 Å². The minimum Gasteiger partial charge on any atom is -0.493 e. The predicted octanol–water partition coefficient (Wildman–Crippen LogP) is 3.04. The van der Waals surface area contributed by atoms with Crippen LogP contribution in [0, 0.1) is 5.82 Å². The summed E-state index contributed by atoms with van der Waals surface area (Å²) in [6.45, 7) is 3.64. The second-order valence-electron chi connectivity index (χ2n) is 6.53. The van der Waals surface area contributed by atoms with Crippen LogP contribution in [0.2, 0.25) is 0 Å². The van der Waals surface area contributed by atoms with Crippen molar-refractivity contribution in [1.29, 1.82) is 0 Å². The smallest absolute Gasteiger partial charge is 0.421 e. The molecule has 2 aliphatic rings. The Labute approximate surface area is 125 Å². The van der Waals surface area contributed by atoms with Gasteiger partial charge >= 0.3 is 6.18 Å². The van der Waals surface area contributed by atoms with Gasteiger partial charge in [0.25, 0.3) is 0 Å². The summed E-state index contributed by atoms with van der Waals surface area (Å²) >= 11 is 0. The van der Waals surface area contributed by atoms with Crippen molar-refractivity contribution >= 4 is 0 Å². The van der Waals surface area contributed by atoms with E-state index in [0.717, 1.165) is 0 Å². The van der Waals surface area contributed by atoms with Crippen molar-refractivity contribution in [3.8, 4) is 5.75 Å². The average molecular weight is 319 g/mol. The Kier molecular flexibility index (Phi) is 3.24. The molecule has 1 fully saturated rings. The highest BCUT2D eigenvalue weighted by Gasteiger charge is 2.73. The summed E-state index contributed by atoms with van der Waals surface area (Å²) in [7, 11) is 0. The van der Waals surface area contributed by atoms with Crippen LogP contribution in [0.1, 0.15) is 31.4 Å². The number of hydrogen-bond acceptors (Lipinski definition) is 3. The fraction of sp³-hybridized carbons (Fsp3) is 0.600. The Morgan fingerprint density at radius 1 is 1.32 bits per heavy atom. The maximum absolute atomic E-state index is 13.8. The first-order valence-electron chi connectivity index (χ1n) is 7.03. The lowest BCUT2D eigenvalue weighted by Crippen LogP contribution is -2.42. The number of rotatable bonds is 3. The zero-order valence-corrected chi connectivity index (χ0v) is 12.3. The maximum Gasteiger partial charge on any atom is 0.421 e. The molecule has 1 aromatic carbocycles. The number of halogens is 4. The van der Waals surface area contributed by atoms with Gasteiger partial charge in [0, 0.05) is 17.5 Å². The van der Waals surface area contributed by atoms with Crippen LogP contribution in [0.5, 0.6) is 5.75 Å². The summed E-state index contributed by atoms with van der Waals surface area (Å²) in [6.07, 6.45) is -5.78. The number of epoxide rings is 1. The summed E-state index contributed by atoms with van der Waals surface area (Å²) in [5.41, 5.74) is 3.11. The molecule has 0 unspecified atom stereocenters. The van der Waals surface area contributed by atoms with E-state index in [0.29, 0.717) is 29.9 Å². The number of hydrogen-bond donors (Lipinski definition) is 1. The molecule has 22 heavy (non-hydrogen) atoms. The Balaban J connectivity index is 1.98. The molecule has 0 radical (unpaired) electrons. The zero-order chi connectivity index (χ0) is 16.3. The number of alkyl halides is 3. The third-order valence-corrected chi connectivity index (χ3v) is 4.40. The Hall–Kier alpha value is -1.34. The molecular weight excluding hydrogens is 302 g/mol. The normalized spacial score (nSPS) is 27.5. The molecule has 0 amide bonds. The molecule has 0 spiro atoms. The second-order valence-corrected chi connectivity index (χ2v) is 6.53. The zero-order valence-electron chi connectivity index (χ0n) is 12.3. The summed E-state index contributed by atoms with van der Waals surface area (Å²) < 4.78 is 63.7. The van der Waals surface area contributed by atoms with Crippen molar-refractivity contribution in [2.75, 3.05) is 6.61 Å². The quantitative estimate of drug-likeness (QED) is 0.688. The molecule has 2 heterocycles. The van der Waals surface area contributed by atoms with Gasteiger partial charge in [-0.25, -0.2) is 4.39 Å². The van der Waals surface area contributed by atoms with Gasteiger partial charge in [0.15, 0.2) is 0 Å². The van der Waals surface area contributed by atoms with E-state index in [1.54, 1.807) is 13.8 Å². The van der Waals surface area contributed by atoms with Gasteiger partial charge in [0.1, 0.15) is 17.8 Å². The molecular formula is C15H17F4NO2. The Morgan fingerprint density at radius 3 is 2.50 bits per heavy atom. The van der Waals surface area contributed by atoms with Gasteiger partial charge in [-0.15, -0.1) is 0 Å². The van der Waals surface area contributed by atoms with Crippen molar-refractivity contribution in [2.45, 2.75) is 50.1 Å². The molecule has 1 saturated heterocycles. The highest BCUT2D eigenvalue weighted by Crippen LogP contribution is 2.55. The van der Waals surface area contributed by atoms with Crippen LogP contribution in [0.15, 0.2) is 12.1 Å². The molecule has 0 aromatic heterocycles. The highest BCUT2D eigenvalue weighted by atomic mass is 19.4. The van der Waals surface area contributed by atoms with Gasteiger partial charge in [-0.2, -0.15) is 13.2 Å². The minimum atomic E-state index is -4.57. The van der Waals surface area contributed by atoms with Crippen molar-refractivity contribution in [3.05, 3.63) is 29.1 Å². The summed E-state index contributed by atoms with van der Waals surface area (Å²) in [5, 5.41) is 0. The molecule has 0 bridgehead atoms. The van der Waals surface area contributed by atoms with Gasteiger partial charge in [0.05, 0.1) is 6.61 Å². The summed E-state index contributed by atoms with van der Waals surface area (Å²) in [6, 6.07) is 2.60. The van der Waals surface area contributed by atoms with Crippen LogP contribution in [-0.4, -0.2) is 24.6 Å². The standard InChI is InChI=1S/C15H17F4NO2/c1-13(2,7-14(12(20)22-14)15(17,18)19)10-6-9(16)5-8-3-4-21-11(8)10/h5-6,12H,3-4,7,20H2,1-2H3/t12-,14-/m1/s1. The predicted molar refractivity (Wildman–Crippen MR) is 71.1 cm³/mol. The van der Waals surface area contributed by atoms with Gasteiger partial charge < -0.3 is 15.2 Å². The van der Waals surface area contributed by atoms with Crippen molar-refractivity contribution in [2.24, 2.45) is 5.73 Å². The third kappa shape index (κ3) is 2.27. The lowest BCUT2D eigenvalue weighted by molar-refractivity contribution is -0.189. The molecule has 3 rings (SSSR count). The Bertz CT molecular complexity index is 614. The van der Waals surface area contributed by atoms with E-state index in [4.69, 9.17) is 15.2 Å². The monoisotopic (exact) mass is 319 g/mol. The Morgan fingerprint density at radius 2 is 1.95 bits per heavy atom. The average Bonchev–Trinajstić information content (AvgIpc) is 2.83. The van der Waals surface area contributed by atoms with E-state index in [1.165, 1.54) is 12.1 Å². The first-order chi connectivity index (χ1) is 10.1. The van der Waals surface area contributed by atoms with Crippen LogP contribution < -0.4 is 10.5 Å². The number of benzene rings is 1. The van der Waals surface area contributed by atoms with E-state index >= 15 is 0 Å². The van der Waals surface area contributed by atoms with Crippen LogP contribution in [0.3, 0.4) is 0 Å². The van der Waals surface area contributed by atoms with Crippen LogP contribution >= 0.6 is 0 Å². The van der Waals surface area contributed by atoms with Crippen molar-refractivity contribution in [1.82, 2.24) is 0 Å². The van der Waals surface area contributed by atoms with Crippen LogP contribution in [-0.2, 0) is 16.6 Å². The van der Waals surface area contributed by atoms with Gasteiger partial charge in [-0.05, 0) is 24.0 Å². The van der Waals surface area contributed by atoms with Crippen molar-refractivity contribution in [3.63, 3.8) is 0 Å². The summed E-state index contributed by atoms with van der Waals surface area (Å²) in [5.74, 6) is 0.00680. The van der Waals surface area contributed by atoms with E-state index in [-0.39, 0.29) is 6.42 Å². The topological polar surface area (TPSA) is 47.8 Å². The van der Waals surface area contributed by atoms with Crippen molar-refractivity contribution < 1.29 is 27.0 Å². The van der Waals surface area contributed by atoms with Gasteiger partial charge in [-0.3, -0.25) is 0 Å². The van der Waals surface area contributed by atoms with Gasteiger partial charge in [0.2, 0.25) is 5.60 Å². The fourth-order valence-electron chi connectivity index (χ4n) is 3.19. The largest absolute Gasteiger partial charge is 0.493 e. The van der Waals surface area contributed by atoms with Gasteiger partial charge in [-0.1, -0.05) is 13.8 Å². The molecule has 122 valence electrons. The van der Waals surface area contributed by atoms with Crippen LogP contribution in [0.4, 0.5) is 17.6 Å². The highest BCUT2D eigenvalue weighted by molar-refractivity contribution is 5.48. The second kappa shape index (κ2) is 4.58. The lowest BCUT2D eigenvalue weighted by atomic mass is 9.75. The first-order valence-corrected chi connectivity index (χ1v) is 7.03. The van der Waals surface area contributed by atoms with E-state index in [2.05, 4.69) is 0 Å². The van der Waals surface area contributed by atoms with E-state index in [1.807, 2.05) is 0 Å². The molecule has 2 atom stereocenters. The first kappa shape index (κ1) is 15.6. The van der Waals surface area contributed by atoms with Crippen LogP contribution in [0.25, 0.3) is 0 Å². The van der Waals surface area contributed by atoms with E-state index in [9.17, 15) is 17.6 Å². The molecule has 2 N–H and O–H groups in total. The molecule has 0 saturated carbocycles. The number of fused-ring (bicyclic) bond motifs is 1. The lowest BCUT2D eigenvalue weighted by Gasteiger charge is -2.31.